The minimum Gasteiger partial charge on any atom is -0.308 e. The van der Waals surface area contributed by atoms with Crippen molar-refractivity contribution in [2.45, 2.75) is 66.0 Å². The Kier molecular flexibility index (Phi) is 4.44. The Morgan fingerprint density at radius 1 is 1.33 bits per heavy atom. The molecule has 3 heteroatoms. The summed E-state index contributed by atoms with van der Waals surface area (Å²) in [7, 11) is 0. The van der Waals surface area contributed by atoms with Crippen LogP contribution in [-0.4, -0.2) is 11.0 Å². The van der Waals surface area contributed by atoms with E-state index in [0.29, 0.717) is 11.5 Å². The van der Waals surface area contributed by atoms with Crippen LogP contribution in [0.15, 0.2) is 5.38 Å². The van der Waals surface area contributed by atoms with E-state index >= 15 is 0 Å². The molecule has 0 saturated heterocycles. The van der Waals surface area contributed by atoms with Crippen LogP contribution in [0.4, 0.5) is 0 Å². The molecule has 0 bridgehead atoms. The Hall–Kier alpha value is -0.410. The molecule has 2 unspecified atom stereocenters. The number of hydrogen-bond acceptors (Lipinski definition) is 3. The Morgan fingerprint density at radius 3 is 2.67 bits per heavy atom. The Morgan fingerprint density at radius 2 is 2.06 bits per heavy atom. The van der Waals surface area contributed by atoms with Crippen molar-refractivity contribution in [1.82, 2.24) is 10.3 Å². The maximum absolute atomic E-state index is 4.54. The predicted octanol–water partition coefficient (Wildman–Crippen LogP) is 4.15. The summed E-state index contributed by atoms with van der Waals surface area (Å²) >= 11 is 1.75. The summed E-state index contributed by atoms with van der Waals surface area (Å²) in [5, 5.41) is 7.10. The Bertz CT molecular complexity index is 378. The molecule has 102 valence electrons. The third-order valence-corrected chi connectivity index (χ3v) is 4.91. The van der Waals surface area contributed by atoms with Crippen molar-refractivity contribution >= 4 is 11.3 Å². The summed E-state index contributed by atoms with van der Waals surface area (Å²) in [6.07, 6.45) is 5.47. The van der Waals surface area contributed by atoms with E-state index in [4.69, 9.17) is 0 Å². The first-order chi connectivity index (χ1) is 8.47. The first kappa shape index (κ1) is 14.0. The average Bonchev–Trinajstić information content (AvgIpc) is 2.72. The lowest BCUT2D eigenvalue weighted by Crippen LogP contribution is -2.43. The van der Waals surface area contributed by atoms with Crippen LogP contribution in [0.2, 0.25) is 0 Å². The molecule has 1 heterocycles. The fourth-order valence-electron chi connectivity index (χ4n) is 3.14. The van der Waals surface area contributed by atoms with Crippen LogP contribution in [0.5, 0.6) is 0 Å². The van der Waals surface area contributed by atoms with Crippen LogP contribution in [0, 0.1) is 18.3 Å². The van der Waals surface area contributed by atoms with Gasteiger partial charge in [0.05, 0.1) is 10.7 Å². The summed E-state index contributed by atoms with van der Waals surface area (Å²) in [6.45, 7) is 10.1. The smallest absolute Gasteiger partial charge is 0.0897 e. The van der Waals surface area contributed by atoms with E-state index in [-0.39, 0.29) is 0 Å². The van der Waals surface area contributed by atoms with Crippen molar-refractivity contribution in [1.29, 1.82) is 0 Å². The number of nitrogens with one attached hydrogen (secondary N) is 1. The molecule has 0 radical (unpaired) electrons. The first-order valence-corrected chi connectivity index (χ1v) is 7.99. The maximum atomic E-state index is 4.54. The van der Waals surface area contributed by atoms with E-state index in [1.165, 1.54) is 36.4 Å². The Balaban J connectivity index is 1.93. The highest BCUT2D eigenvalue weighted by molar-refractivity contribution is 7.09. The third-order valence-electron chi connectivity index (χ3n) is 4.09. The Labute approximate surface area is 115 Å². The van der Waals surface area contributed by atoms with Gasteiger partial charge in [-0.15, -0.1) is 11.3 Å². The second-order valence-electron chi connectivity index (χ2n) is 6.60. The van der Waals surface area contributed by atoms with E-state index in [2.05, 4.69) is 43.4 Å². The minimum atomic E-state index is 0.413. The number of hydrogen-bond donors (Lipinski definition) is 1. The molecule has 1 aromatic rings. The zero-order valence-electron chi connectivity index (χ0n) is 12.1. The SMILES string of the molecule is Cc1nc(CNC2CCCCC2C(C)(C)C)cs1. The molecule has 1 N–H and O–H groups in total. The third kappa shape index (κ3) is 3.55. The molecule has 2 rings (SSSR count). The fraction of sp³-hybridized carbons (Fsp3) is 0.800. The molecule has 0 aromatic carbocycles. The molecular formula is C15H26N2S. The van der Waals surface area contributed by atoms with E-state index < -0.39 is 0 Å². The van der Waals surface area contributed by atoms with E-state index in [1.807, 2.05) is 0 Å². The van der Waals surface area contributed by atoms with E-state index in [9.17, 15) is 0 Å². The van der Waals surface area contributed by atoms with Gasteiger partial charge in [0.1, 0.15) is 0 Å². The topological polar surface area (TPSA) is 24.9 Å². The van der Waals surface area contributed by atoms with Gasteiger partial charge in [-0.05, 0) is 31.1 Å². The predicted molar refractivity (Wildman–Crippen MR) is 78.9 cm³/mol. The van der Waals surface area contributed by atoms with Gasteiger partial charge in [0.15, 0.2) is 0 Å². The van der Waals surface area contributed by atoms with Crippen LogP contribution in [0.1, 0.15) is 57.2 Å². The van der Waals surface area contributed by atoms with Crippen molar-refractivity contribution in [3.05, 3.63) is 16.1 Å². The zero-order valence-corrected chi connectivity index (χ0v) is 12.9. The monoisotopic (exact) mass is 266 g/mol. The van der Waals surface area contributed by atoms with Crippen molar-refractivity contribution < 1.29 is 0 Å². The average molecular weight is 266 g/mol. The molecule has 0 aliphatic heterocycles. The van der Waals surface area contributed by atoms with Crippen LogP contribution in [0.3, 0.4) is 0 Å². The number of nitrogens with zero attached hydrogens (tertiary/aromatic N) is 1. The maximum Gasteiger partial charge on any atom is 0.0897 e. The lowest BCUT2D eigenvalue weighted by atomic mass is 9.69. The van der Waals surface area contributed by atoms with Crippen molar-refractivity contribution in [2.75, 3.05) is 0 Å². The molecule has 0 amide bonds. The molecule has 1 aromatic heterocycles. The zero-order chi connectivity index (χ0) is 13.2. The van der Waals surface area contributed by atoms with Gasteiger partial charge in [0.25, 0.3) is 0 Å². The van der Waals surface area contributed by atoms with Crippen LogP contribution >= 0.6 is 11.3 Å². The standard InChI is InChI=1S/C15H26N2S/c1-11-17-12(10-18-11)9-16-14-8-6-5-7-13(14)15(2,3)4/h10,13-14,16H,5-9H2,1-4H3. The second kappa shape index (κ2) is 5.70. The first-order valence-electron chi connectivity index (χ1n) is 7.11. The molecule has 1 aliphatic rings. The molecule has 1 saturated carbocycles. The van der Waals surface area contributed by atoms with E-state index in [1.54, 1.807) is 11.3 Å². The van der Waals surface area contributed by atoms with Gasteiger partial charge in [-0.3, -0.25) is 0 Å². The highest BCUT2D eigenvalue weighted by Gasteiger charge is 2.33. The second-order valence-corrected chi connectivity index (χ2v) is 7.66. The number of aryl methyl sites for hydroxylation is 1. The molecule has 0 spiro atoms. The van der Waals surface area contributed by atoms with E-state index in [0.717, 1.165) is 12.5 Å². The van der Waals surface area contributed by atoms with Gasteiger partial charge in [-0.25, -0.2) is 4.98 Å². The van der Waals surface area contributed by atoms with Gasteiger partial charge in [-0.1, -0.05) is 33.6 Å². The quantitative estimate of drug-likeness (QED) is 0.889. The number of aromatic nitrogens is 1. The lowest BCUT2D eigenvalue weighted by Gasteiger charge is -2.41. The van der Waals surface area contributed by atoms with Crippen molar-refractivity contribution in [2.24, 2.45) is 11.3 Å². The minimum absolute atomic E-state index is 0.413. The lowest BCUT2D eigenvalue weighted by molar-refractivity contribution is 0.130. The summed E-state index contributed by atoms with van der Waals surface area (Å²) in [4.78, 5) is 4.54. The number of thiazole rings is 1. The highest BCUT2D eigenvalue weighted by Crippen LogP contribution is 2.38. The number of rotatable bonds is 3. The summed E-state index contributed by atoms with van der Waals surface area (Å²) in [5.41, 5.74) is 1.62. The summed E-state index contributed by atoms with van der Waals surface area (Å²) in [5.74, 6) is 0.797. The molecular weight excluding hydrogens is 240 g/mol. The van der Waals surface area contributed by atoms with Crippen molar-refractivity contribution in [3.8, 4) is 0 Å². The molecule has 18 heavy (non-hydrogen) atoms. The highest BCUT2D eigenvalue weighted by atomic mass is 32.1. The van der Waals surface area contributed by atoms with Crippen LogP contribution in [-0.2, 0) is 6.54 Å². The summed E-state index contributed by atoms with van der Waals surface area (Å²) < 4.78 is 0. The van der Waals surface area contributed by atoms with Crippen LogP contribution < -0.4 is 5.32 Å². The van der Waals surface area contributed by atoms with Gasteiger partial charge in [0, 0.05) is 18.0 Å². The van der Waals surface area contributed by atoms with Gasteiger partial charge in [0.2, 0.25) is 0 Å². The molecule has 2 nitrogen and oxygen atoms in total. The normalized spacial score (nSPS) is 25.3. The van der Waals surface area contributed by atoms with Gasteiger partial charge in [-0.2, -0.15) is 0 Å². The molecule has 1 aliphatic carbocycles. The van der Waals surface area contributed by atoms with Crippen LogP contribution in [0.25, 0.3) is 0 Å². The molecule has 2 atom stereocenters. The fourth-order valence-corrected chi connectivity index (χ4v) is 3.75. The summed E-state index contributed by atoms with van der Waals surface area (Å²) in [6, 6.07) is 0.667. The largest absolute Gasteiger partial charge is 0.308 e. The van der Waals surface area contributed by atoms with Gasteiger partial charge < -0.3 is 5.32 Å². The molecule has 1 fully saturated rings. The van der Waals surface area contributed by atoms with Crippen molar-refractivity contribution in [3.63, 3.8) is 0 Å². The van der Waals surface area contributed by atoms with Gasteiger partial charge >= 0.3 is 0 Å².